The summed E-state index contributed by atoms with van der Waals surface area (Å²) in [6.07, 6.45) is 0.942. The van der Waals surface area contributed by atoms with Crippen LogP contribution in [0.25, 0.3) is 38.3 Å². The Morgan fingerprint density at radius 1 is 0.526 bits per heavy atom. The molecule has 6 aromatic carbocycles. The molecule has 8 rings (SSSR count). The van der Waals surface area contributed by atoms with Crippen molar-refractivity contribution >= 4 is 49.6 Å². The van der Waals surface area contributed by atoms with Gasteiger partial charge in [-0.25, -0.2) is 0 Å². The van der Waals surface area contributed by atoms with Gasteiger partial charge in [0.2, 0.25) is 0 Å². The van der Waals surface area contributed by atoms with Crippen LogP contribution in [0.3, 0.4) is 0 Å². The molecule has 0 fully saturated rings. The fourth-order valence-electron chi connectivity index (χ4n) is 6.33. The van der Waals surface area contributed by atoms with Gasteiger partial charge in [0.25, 0.3) is 0 Å². The highest BCUT2D eigenvalue weighted by atomic mass is 15.2. The lowest BCUT2D eigenvalue weighted by Crippen LogP contribution is -2.18. The van der Waals surface area contributed by atoms with E-state index < -0.39 is 0 Å². The minimum atomic E-state index is 0.942. The Morgan fingerprint density at radius 3 is 2.24 bits per heavy atom. The monoisotopic (exact) mass is 486 g/mol. The van der Waals surface area contributed by atoms with Crippen molar-refractivity contribution in [2.45, 2.75) is 13.3 Å². The van der Waals surface area contributed by atoms with E-state index in [0.717, 1.165) is 6.42 Å². The van der Waals surface area contributed by atoms with Gasteiger partial charge in [-0.1, -0.05) is 84.4 Å². The molecule has 0 saturated heterocycles. The number of hydrogen-bond donors (Lipinski definition) is 0. The second-order valence-electron chi connectivity index (χ2n) is 10.3. The van der Waals surface area contributed by atoms with Crippen LogP contribution >= 0.6 is 0 Å². The van der Waals surface area contributed by atoms with E-state index >= 15 is 0 Å². The van der Waals surface area contributed by atoms with E-state index in [0.29, 0.717) is 0 Å². The molecule has 0 unspecified atom stereocenters. The summed E-state index contributed by atoms with van der Waals surface area (Å²) in [5.41, 5.74) is 11.4. The van der Waals surface area contributed by atoms with Crippen molar-refractivity contribution in [3.63, 3.8) is 0 Å². The lowest BCUT2D eigenvalue weighted by Gasteiger charge is -2.34. The minimum absolute atomic E-state index is 0.942. The molecule has 0 N–H and O–H groups in total. The quantitative estimate of drug-likeness (QED) is 0.236. The Morgan fingerprint density at radius 2 is 1.32 bits per heavy atom. The molecule has 1 aliphatic rings. The molecule has 2 nitrogen and oxygen atoms in total. The van der Waals surface area contributed by atoms with E-state index in [2.05, 4.69) is 144 Å². The van der Waals surface area contributed by atoms with Gasteiger partial charge < -0.3 is 9.47 Å². The number of rotatable bonds is 2. The zero-order valence-electron chi connectivity index (χ0n) is 21.2. The third kappa shape index (κ3) is 3.07. The molecule has 2 heteroatoms. The first-order chi connectivity index (χ1) is 18.8. The zero-order valence-corrected chi connectivity index (χ0v) is 21.2. The first-order valence-corrected chi connectivity index (χ1v) is 13.3. The van der Waals surface area contributed by atoms with Crippen molar-refractivity contribution < 1.29 is 0 Å². The van der Waals surface area contributed by atoms with Crippen LogP contribution in [0.1, 0.15) is 16.7 Å². The highest BCUT2D eigenvalue weighted by molar-refractivity contribution is 6.11. The van der Waals surface area contributed by atoms with Crippen molar-refractivity contribution in [3.8, 4) is 5.69 Å². The van der Waals surface area contributed by atoms with Gasteiger partial charge in [0.05, 0.1) is 16.7 Å². The predicted molar refractivity (Wildman–Crippen MR) is 161 cm³/mol. The third-order valence-corrected chi connectivity index (χ3v) is 8.03. The number of para-hydroxylation sites is 3. The standard InChI is InChI=1S/C36H26N2/c1-24-15-18-29-25(21-24)16-19-35-31(29)22-26-9-5-7-13-33(26)38(35)28-17-20-36-32(23-28)30-12-6-8-14-34(30)37(36)27-10-3-2-4-11-27/h2-21,23H,22H2,1H3. The third-order valence-electron chi connectivity index (χ3n) is 8.03. The average molecular weight is 487 g/mol. The van der Waals surface area contributed by atoms with Gasteiger partial charge >= 0.3 is 0 Å². The van der Waals surface area contributed by atoms with Crippen LogP contribution in [0, 0.1) is 6.92 Å². The Bertz CT molecular complexity index is 2010. The number of hydrogen-bond acceptors (Lipinski definition) is 1. The summed E-state index contributed by atoms with van der Waals surface area (Å²) in [4.78, 5) is 2.46. The second-order valence-corrected chi connectivity index (χ2v) is 10.3. The first kappa shape index (κ1) is 21.3. The SMILES string of the molecule is Cc1ccc2c3c(ccc2c1)N(c1ccc2c(c1)c1ccccc1n2-c1ccccc1)c1ccccc1C3. The molecule has 0 saturated carbocycles. The molecule has 1 aliphatic heterocycles. The molecule has 1 aromatic heterocycles. The lowest BCUT2D eigenvalue weighted by molar-refractivity contribution is 1.10. The molecular weight excluding hydrogens is 460 g/mol. The van der Waals surface area contributed by atoms with Crippen molar-refractivity contribution in [1.82, 2.24) is 4.57 Å². The molecule has 0 spiro atoms. The maximum absolute atomic E-state index is 2.46. The molecule has 2 heterocycles. The Hall–Kier alpha value is -4.82. The van der Waals surface area contributed by atoms with Gasteiger partial charge in [0.1, 0.15) is 0 Å². The average Bonchev–Trinajstić information content (AvgIpc) is 3.30. The summed E-state index contributed by atoms with van der Waals surface area (Å²) in [5, 5.41) is 5.19. The van der Waals surface area contributed by atoms with Gasteiger partial charge in [-0.05, 0) is 77.4 Å². The van der Waals surface area contributed by atoms with E-state index in [4.69, 9.17) is 0 Å². The number of nitrogens with zero attached hydrogens (tertiary/aromatic N) is 2. The van der Waals surface area contributed by atoms with Gasteiger partial charge in [0, 0.05) is 34.3 Å². The summed E-state index contributed by atoms with van der Waals surface area (Å²) in [6, 6.07) is 46.6. The Balaban J connectivity index is 1.40. The van der Waals surface area contributed by atoms with E-state index in [-0.39, 0.29) is 0 Å². The van der Waals surface area contributed by atoms with Crippen molar-refractivity contribution in [2.75, 3.05) is 4.90 Å². The fourth-order valence-corrected chi connectivity index (χ4v) is 6.33. The van der Waals surface area contributed by atoms with Crippen LogP contribution in [-0.4, -0.2) is 4.57 Å². The van der Waals surface area contributed by atoms with Gasteiger partial charge in [0.15, 0.2) is 0 Å². The Kier molecular flexibility index (Phi) is 4.53. The number of benzene rings is 6. The molecule has 38 heavy (non-hydrogen) atoms. The highest BCUT2D eigenvalue weighted by Gasteiger charge is 2.26. The Labute approximate surface area is 222 Å². The van der Waals surface area contributed by atoms with Gasteiger partial charge in [-0.3, -0.25) is 0 Å². The number of aromatic nitrogens is 1. The molecule has 0 amide bonds. The molecule has 0 atom stereocenters. The zero-order chi connectivity index (χ0) is 25.2. The highest BCUT2D eigenvalue weighted by Crippen LogP contribution is 2.47. The van der Waals surface area contributed by atoms with E-state index in [1.165, 1.54) is 72.0 Å². The van der Waals surface area contributed by atoms with Gasteiger partial charge in [-0.15, -0.1) is 0 Å². The minimum Gasteiger partial charge on any atom is -0.310 e. The maximum Gasteiger partial charge on any atom is 0.0542 e. The van der Waals surface area contributed by atoms with Crippen LogP contribution in [0.2, 0.25) is 0 Å². The second kappa shape index (κ2) is 8.09. The molecule has 0 radical (unpaired) electrons. The smallest absolute Gasteiger partial charge is 0.0542 e. The molecule has 180 valence electrons. The van der Waals surface area contributed by atoms with Crippen LogP contribution in [0.4, 0.5) is 17.1 Å². The van der Waals surface area contributed by atoms with E-state index in [9.17, 15) is 0 Å². The summed E-state index contributed by atoms with van der Waals surface area (Å²) < 4.78 is 2.38. The lowest BCUT2D eigenvalue weighted by atomic mass is 9.90. The normalized spacial score (nSPS) is 12.7. The van der Waals surface area contributed by atoms with Gasteiger partial charge in [-0.2, -0.15) is 0 Å². The van der Waals surface area contributed by atoms with Crippen LogP contribution in [0.5, 0.6) is 0 Å². The molecule has 7 aromatic rings. The van der Waals surface area contributed by atoms with E-state index in [1.54, 1.807) is 0 Å². The summed E-state index contributed by atoms with van der Waals surface area (Å²) in [5.74, 6) is 0. The molecule has 0 aliphatic carbocycles. The van der Waals surface area contributed by atoms with Crippen molar-refractivity contribution in [3.05, 3.63) is 144 Å². The number of anilines is 3. The largest absolute Gasteiger partial charge is 0.310 e. The summed E-state index contributed by atoms with van der Waals surface area (Å²) in [7, 11) is 0. The molecular formula is C36H26N2. The predicted octanol–water partition coefficient (Wildman–Crippen LogP) is 9.62. The summed E-state index contributed by atoms with van der Waals surface area (Å²) >= 11 is 0. The maximum atomic E-state index is 2.46. The van der Waals surface area contributed by atoms with Crippen LogP contribution in [-0.2, 0) is 6.42 Å². The summed E-state index contributed by atoms with van der Waals surface area (Å²) in [6.45, 7) is 2.17. The van der Waals surface area contributed by atoms with E-state index in [1.807, 2.05) is 0 Å². The van der Waals surface area contributed by atoms with Crippen molar-refractivity contribution in [2.24, 2.45) is 0 Å². The van der Waals surface area contributed by atoms with Crippen molar-refractivity contribution in [1.29, 1.82) is 0 Å². The topological polar surface area (TPSA) is 8.17 Å². The fraction of sp³-hybridized carbons (Fsp3) is 0.0556. The van der Waals surface area contributed by atoms with Crippen LogP contribution in [0.15, 0.2) is 127 Å². The first-order valence-electron chi connectivity index (χ1n) is 13.3. The number of fused-ring (bicyclic) bond motifs is 7. The molecule has 0 bridgehead atoms. The number of aryl methyl sites for hydroxylation is 1. The van der Waals surface area contributed by atoms with Crippen LogP contribution < -0.4 is 4.90 Å².